The van der Waals surface area contributed by atoms with Gasteiger partial charge in [0.15, 0.2) is 0 Å². The zero-order valence-electron chi connectivity index (χ0n) is 11.6. The van der Waals surface area contributed by atoms with Crippen LogP contribution < -0.4 is 10.6 Å². The summed E-state index contributed by atoms with van der Waals surface area (Å²) in [5.74, 6) is 0.582. The number of fused-ring (bicyclic) bond motifs is 1. The molecule has 1 saturated carbocycles. The summed E-state index contributed by atoms with van der Waals surface area (Å²) in [4.78, 5) is 11.3. The molecule has 2 aromatic rings. The molecule has 0 amide bonds. The molecular weight excluding hydrogens is 316 g/mol. The summed E-state index contributed by atoms with van der Waals surface area (Å²) in [6.45, 7) is 0.761. The first-order valence-electron chi connectivity index (χ1n) is 7.04. The minimum absolute atomic E-state index is 0.510. The van der Waals surface area contributed by atoms with Crippen LogP contribution in [-0.2, 0) is 0 Å². The molecule has 1 fully saturated rings. The molecule has 4 nitrogen and oxygen atoms in total. The van der Waals surface area contributed by atoms with Crippen molar-refractivity contribution in [2.24, 2.45) is 11.7 Å². The molecule has 0 aromatic carbocycles. The molecule has 0 radical (unpaired) electrons. The Morgan fingerprint density at radius 2 is 2.25 bits per heavy atom. The Morgan fingerprint density at radius 1 is 1.40 bits per heavy atom. The van der Waals surface area contributed by atoms with E-state index < -0.39 is 0 Å². The summed E-state index contributed by atoms with van der Waals surface area (Å²) in [7, 11) is 2.15. The Labute approximate surface area is 127 Å². The maximum absolute atomic E-state index is 5.91. The molecule has 5 heteroatoms. The average Bonchev–Trinajstić information content (AvgIpc) is 2.94. The molecule has 2 heterocycles. The molecule has 1 aliphatic carbocycles. The van der Waals surface area contributed by atoms with E-state index in [0.717, 1.165) is 27.7 Å². The number of nitrogens with two attached hydrogens (primary N) is 1. The van der Waals surface area contributed by atoms with E-state index in [1.165, 1.54) is 19.3 Å². The van der Waals surface area contributed by atoms with Crippen molar-refractivity contribution in [2.45, 2.75) is 25.3 Å². The van der Waals surface area contributed by atoms with Gasteiger partial charge in [-0.1, -0.05) is 6.42 Å². The standard InChI is InChI=1S/C15H19BrN4/c1-20(13-4-2-3-10(13)8-17)14-5-6-18-12-7-11(16)9-19-15(12)14/h5-7,9-10,13H,2-4,8,17H2,1H3. The Kier molecular flexibility index (Phi) is 3.89. The van der Waals surface area contributed by atoms with Gasteiger partial charge < -0.3 is 10.6 Å². The Bertz CT molecular complexity index is 616. The Balaban J connectivity index is 2.01. The highest BCUT2D eigenvalue weighted by atomic mass is 79.9. The zero-order chi connectivity index (χ0) is 14.1. The predicted octanol–water partition coefficient (Wildman–Crippen LogP) is 2.96. The summed E-state index contributed by atoms with van der Waals surface area (Å²) in [5.41, 5.74) is 8.94. The monoisotopic (exact) mass is 334 g/mol. The fraction of sp³-hybridized carbons (Fsp3) is 0.467. The first-order valence-corrected chi connectivity index (χ1v) is 7.83. The van der Waals surface area contributed by atoms with E-state index in [4.69, 9.17) is 5.73 Å². The first-order chi connectivity index (χ1) is 9.70. The van der Waals surface area contributed by atoms with Gasteiger partial charge in [0.25, 0.3) is 0 Å². The van der Waals surface area contributed by atoms with Crippen molar-refractivity contribution in [3.63, 3.8) is 0 Å². The second-order valence-electron chi connectivity index (χ2n) is 5.46. The number of nitrogens with zero attached hydrogens (tertiary/aromatic N) is 3. The molecule has 2 unspecified atom stereocenters. The smallest absolute Gasteiger partial charge is 0.112 e. The second-order valence-corrected chi connectivity index (χ2v) is 6.37. The molecule has 106 valence electrons. The zero-order valence-corrected chi connectivity index (χ0v) is 13.2. The molecule has 2 aromatic heterocycles. The van der Waals surface area contributed by atoms with Crippen LogP contribution in [0.4, 0.5) is 5.69 Å². The number of anilines is 1. The van der Waals surface area contributed by atoms with Gasteiger partial charge >= 0.3 is 0 Å². The van der Waals surface area contributed by atoms with Gasteiger partial charge in [-0.05, 0) is 53.4 Å². The normalized spacial score (nSPS) is 22.4. The van der Waals surface area contributed by atoms with Crippen molar-refractivity contribution in [3.8, 4) is 0 Å². The minimum Gasteiger partial charge on any atom is -0.369 e. The highest BCUT2D eigenvalue weighted by Crippen LogP contribution is 2.34. The van der Waals surface area contributed by atoms with Gasteiger partial charge in [-0.15, -0.1) is 0 Å². The molecule has 2 N–H and O–H groups in total. The maximum atomic E-state index is 5.91. The first kappa shape index (κ1) is 13.8. The van der Waals surface area contributed by atoms with E-state index >= 15 is 0 Å². The van der Waals surface area contributed by atoms with Gasteiger partial charge in [0.1, 0.15) is 5.52 Å². The Hall–Kier alpha value is -1.20. The van der Waals surface area contributed by atoms with Crippen molar-refractivity contribution >= 4 is 32.7 Å². The van der Waals surface area contributed by atoms with Crippen LogP contribution in [0.5, 0.6) is 0 Å². The lowest BCUT2D eigenvalue weighted by atomic mass is 10.0. The fourth-order valence-corrected chi connectivity index (χ4v) is 3.58. The lowest BCUT2D eigenvalue weighted by Gasteiger charge is -2.31. The van der Waals surface area contributed by atoms with Gasteiger partial charge in [-0.3, -0.25) is 9.97 Å². The van der Waals surface area contributed by atoms with Crippen LogP contribution in [0.1, 0.15) is 19.3 Å². The highest BCUT2D eigenvalue weighted by Gasteiger charge is 2.30. The van der Waals surface area contributed by atoms with Crippen molar-refractivity contribution in [2.75, 3.05) is 18.5 Å². The molecule has 1 aliphatic rings. The third-order valence-electron chi connectivity index (χ3n) is 4.32. The van der Waals surface area contributed by atoms with Crippen LogP contribution in [0.2, 0.25) is 0 Å². The summed E-state index contributed by atoms with van der Waals surface area (Å²) >= 11 is 3.45. The second kappa shape index (κ2) is 5.66. The Morgan fingerprint density at radius 3 is 3.05 bits per heavy atom. The van der Waals surface area contributed by atoms with Crippen molar-refractivity contribution in [1.29, 1.82) is 0 Å². The van der Waals surface area contributed by atoms with Crippen LogP contribution in [-0.4, -0.2) is 29.6 Å². The average molecular weight is 335 g/mol. The van der Waals surface area contributed by atoms with E-state index in [2.05, 4.69) is 43.9 Å². The molecule has 2 atom stereocenters. The summed E-state index contributed by atoms with van der Waals surface area (Å²) in [5, 5.41) is 0. The van der Waals surface area contributed by atoms with Crippen molar-refractivity contribution in [1.82, 2.24) is 9.97 Å². The van der Waals surface area contributed by atoms with E-state index in [9.17, 15) is 0 Å². The molecular formula is C15H19BrN4. The van der Waals surface area contributed by atoms with Crippen molar-refractivity contribution in [3.05, 3.63) is 29.0 Å². The largest absolute Gasteiger partial charge is 0.369 e. The highest BCUT2D eigenvalue weighted by molar-refractivity contribution is 9.10. The topological polar surface area (TPSA) is 55.0 Å². The third kappa shape index (κ3) is 2.40. The number of rotatable bonds is 3. The lowest BCUT2D eigenvalue weighted by molar-refractivity contribution is 0.475. The number of hydrogen-bond donors (Lipinski definition) is 1. The van der Waals surface area contributed by atoms with Gasteiger partial charge in [0.05, 0.1) is 11.2 Å². The van der Waals surface area contributed by atoms with Crippen LogP contribution in [0.25, 0.3) is 11.0 Å². The molecule has 0 saturated heterocycles. The molecule has 0 spiro atoms. The summed E-state index contributed by atoms with van der Waals surface area (Å²) < 4.78 is 0.956. The van der Waals surface area contributed by atoms with Crippen LogP contribution in [0.3, 0.4) is 0 Å². The van der Waals surface area contributed by atoms with E-state index in [-0.39, 0.29) is 0 Å². The molecule has 20 heavy (non-hydrogen) atoms. The third-order valence-corrected chi connectivity index (χ3v) is 4.76. The maximum Gasteiger partial charge on any atom is 0.112 e. The number of halogens is 1. The molecule has 3 rings (SSSR count). The van der Waals surface area contributed by atoms with Crippen molar-refractivity contribution < 1.29 is 0 Å². The quantitative estimate of drug-likeness (QED) is 0.937. The van der Waals surface area contributed by atoms with E-state index in [0.29, 0.717) is 12.0 Å². The van der Waals surface area contributed by atoms with Crippen LogP contribution in [0, 0.1) is 5.92 Å². The van der Waals surface area contributed by atoms with Crippen LogP contribution in [0.15, 0.2) is 29.0 Å². The molecule has 0 bridgehead atoms. The van der Waals surface area contributed by atoms with Gasteiger partial charge in [-0.2, -0.15) is 0 Å². The summed E-state index contributed by atoms with van der Waals surface area (Å²) in [6.07, 6.45) is 7.39. The van der Waals surface area contributed by atoms with Gasteiger partial charge in [-0.25, -0.2) is 0 Å². The SMILES string of the molecule is CN(c1ccnc2cc(Br)cnc12)C1CCCC1CN. The number of pyridine rings is 2. The van der Waals surface area contributed by atoms with Gasteiger partial charge in [0.2, 0.25) is 0 Å². The number of aromatic nitrogens is 2. The van der Waals surface area contributed by atoms with E-state index in [1.807, 2.05) is 18.5 Å². The van der Waals surface area contributed by atoms with Crippen LogP contribution >= 0.6 is 15.9 Å². The molecule has 0 aliphatic heterocycles. The fourth-order valence-electron chi connectivity index (χ4n) is 3.26. The number of hydrogen-bond acceptors (Lipinski definition) is 4. The summed E-state index contributed by atoms with van der Waals surface area (Å²) in [6, 6.07) is 4.57. The lowest BCUT2D eigenvalue weighted by Crippen LogP contribution is -2.37. The predicted molar refractivity (Wildman–Crippen MR) is 85.8 cm³/mol. The van der Waals surface area contributed by atoms with E-state index in [1.54, 1.807) is 0 Å². The van der Waals surface area contributed by atoms with Gasteiger partial charge in [0, 0.05) is 30.0 Å². The minimum atomic E-state index is 0.510.